The van der Waals surface area contributed by atoms with Crippen LogP contribution in [-0.2, 0) is 9.59 Å². The van der Waals surface area contributed by atoms with Crippen LogP contribution in [-0.4, -0.2) is 70.8 Å². The fourth-order valence-electron chi connectivity index (χ4n) is 3.68. The van der Waals surface area contributed by atoms with Gasteiger partial charge in [-0.1, -0.05) is 6.07 Å². The lowest BCUT2D eigenvalue weighted by Gasteiger charge is -2.26. The molecule has 1 aromatic carbocycles. The molecule has 0 aliphatic carbocycles. The Morgan fingerprint density at radius 1 is 1.19 bits per heavy atom. The number of urea groups is 1. The first kappa shape index (κ1) is 27.2. The molecule has 0 atom stereocenters. The minimum Gasteiger partial charge on any atom is -0.369 e. The second-order valence-electron chi connectivity index (χ2n) is 9.22. The van der Waals surface area contributed by atoms with E-state index in [0.29, 0.717) is 41.4 Å². The average Bonchev–Trinajstić information content (AvgIpc) is 3.38. The number of hydrogen-bond acceptors (Lipinski definition) is 7. The Balaban J connectivity index is 1.54. The number of nitrogens with one attached hydrogen (secondary N) is 3. The number of carbonyl (C=O) groups is 3. The van der Waals surface area contributed by atoms with E-state index in [0.717, 1.165) is 31.6 Å². The van der Waals surface area contributed by atoms with Crippen molar-refractivity contribution in [2.75, 3.05) is 49.2 Å². The molecule has 11 nitrogen and oxygen atoms in total. The number of carbonyl (C=O) groups excluding carboxylic acids is 3. The first-order chi connectivity index (χ1) is 17.1. The lowest BCUT2D eigenvalue weighted by Crippen LogP contribution is -2.46. The van der Waals surface area contributed by atoms with Crippen LogP contribution >= 0.6 is 15.9 Å². The first-order valence-electron chi connectivity index (χ1n) is 11.8. The van der Waals surface area contributed by atoms with E-state index in [1.165, 1.54) is 18.7 Å². The minimum atomic E-state index is -1.24. The van der Waals surface area contributed by atoms with E-state index in [-0.39, 0.29) is 11.9 Å². The third kappa shape index (κ3) is 7.06. The molecule has 1 saturated heterocycles. The Labute approximate surface area is 219 Å². The van der Waals surface area contributed by atoms with Crippen molar-refractivity contribution in [2.45, 2.75) is 33.1 Å². The zero-order chi connectivity index (χ0) is 26.3. The highest BCUT2D eigenvalue weighted by molar-refractivity contribution is 9.10. The maximum Gasteiger partial charge on any atom is 0.321 e. The molecule has 0 bridgehead atoms. The molecular formula is C24H33BrN8O3. The van der Waals surface area contributed by atoms with E-state index in [2.05, 4.69) is 41.8 Å². The molecule has 0 unspecified atom stereocenters. The number of rotatable bonds is 10. The maximum atomic E-state index is 12.4. The summed E-state index contributed by atoms with van der Waals surface area (Å²) in [6.07, 6.45) is 4.35. The number of nitrogens with zero attached hydrogens (tertiary/aromatic N) is 4. The Morgan fingerprint density at radius 2 is 1.89 bits per heavy atom. The normalized spacial score (nSPS) is 13.3. The Kier molecular flexibility index (Phi) is 9.08. The van der Waals surface area contributed by atoms with Crippen LogP contribution in [0.4, 0.5) is 27.9 Å². The smallest absolute Gasteiger partial charge is 0.321 e. The van der Waals surface area contributed by atoms with Crippen LogP contribution in [0, 0.1) is 5.41 Å². The van der Waals surface area contributed by atoms with Gasteiger partial charge in [0.25, 0.3) is 0 Å². The number of benzene rings is 1. The van der Waals surface area contributed by atoms with E-state index in [9.17, 15) is 14.4 Å². The summed E-state index contributed by atoms with van der Waals surface area (Å²) in [5.41, 5.74) is 5.51. The van der Waals surface area contributed by atoms with E-state index in [1.807, 2.05) is 29.2 Å². The molecule has 1 aliphatic heterocycles. The third-order valence-electron chi connectivity index (χ3n) is 5.97. The summed E-state index contributed by atoms with van der Waals surface area (Å²) in [6, 6.07) is 7.27. The van der Waals surface area contributed by atoms with E-state index in [4.69, 9.17) is 5.73 Å². The molecule has 1 fully saturated rings. The molecule has 0 spiro atoms. The van der Waals surface area contributed by atoms with Gasteiger partial charge in [0.05, 0.1) is 4.47 Å². The van der Waals surface area contributed by atoms with E-state index < -0.39 is 11.3 Å². The molecule has 3 rings (SSSR count). The van der Waals surface area contributed by atoms with E-state index >= 15 is 0 Å². The summed E-state index contributed by atoms with van der Waals surface area (Å²) >= 11 is 3.45. The number of nitrogens with two attached hydrogens (primary N) is 1. The zero-order valence-electron chi connectivity index (χ0n) is 20.8. The SMILES string of the molecule is CN(CCCNc1nc(Nc2cccc(NC(=O)N3CCCC3)c2)ncc1Br)C(=O)C(C)(C)C(N)=O. The molecule has 0 saturated carbocycles. The molecule has 2 aromatic rings. The molecule has 1 aliphatic rings. The van der Waals surface area contributed by atoms with Crippen LogP contribution in [0.15, 0.2) is 34.9 Å². The van der Waals surface area contributed by atoms with Crippen LogP contribution in [0.2, 0.25) is 0 Å². The van der Waals surface area contributed by atoms with Gasteiger partial charge in [0, 0.05) is 50.8 Å². The van der Waals surface area contributed by atoms with Crippen LogP contribution in [0.1, 0.15) is 33.1 Å². The van der Waals surface area contributed by atoms with Crippen LogP contribution in [0.5, 0.6) is 0 Å². The molecule has 1 aromatic heterocycles. The third-order valence-corrected chi connectivity index (χ3v) is 6.55. The maximum absolute atomic E-state index is 12.4. The van der Waals surface area contributed by atoms with Crippen molar-refractivity contribution < 1.29 is 14.4 Å². The highest BCUT2D eigenvalue weighted by Gasteiger charge is 2.36. The van der Waals surface area contributed by atoms with Crippen LogP contribution < -0.4 is 21.7 Å². The van der Waals surface area contributed by atoms with Gasteiger partial charge in [-0.25, -0.2) is 9.78 Å². The number of hydrogen-bond donors (Lipinski definition) is 4. The number of primary amides is 1. The van der Waals surface area contributed by atoms with Gasteiger partial charge in [-0.3, -0.25) is 9.59 Å². The first-order valence-corrected chi connectivity index (χ1v) is 12.6. The standard InChI is InChI=1S/C24H33BrN8O3/c1-24(2,20(26)34)21(35)32(3)11-7-10-27-19-18(25)15-28-22(31-19)29-16-8-6-9-17(14-16)30-23(36)33-12-4-5-13-33/h6,8-9,14-15H,4-5,7,10-13H2,1-3H3,(H2,26,34)(H,30,36)(H2,27,28,29,31). The van der Waals surface area contributed by atoms with E-state index in [1.54, 1.807) is 13.2 Å². The quantitative estimate of drug-likeness (QED) is 0.257. The van der Waals surface area contributed by atoms with Crippen molar-refractivity contribution in [3.8, 4) is 0 Å². The van der Waals surface area contributed by atoms with Gasteiger partial charge >= 0.3 is 6.03 Å². The van der Waals surface area contributed by atoms with Crippen molar-refractivity contribution in [1.82, 2.24) is 19.8 Å². The number of aromatic nitrogens is 2. The fourth-order valence-corrected chi connectivity index (χ4v) is 4.02. The topological polar surface area (TPSA) is 146 Å². The summed E-state index contributed by atoms with van der Waals surface area (Å²) < 4.78 is 0.693. The van der Waals surface area contributed by atoms with Crippen LogP contribution in [0.25, 0.3) is 0 Å². The van der Waals surface area contributed by atoms with Crippen molar-refractivity contribution in [1.29, 1.82) is 0 Å². The highest BCUT2D eigenvalue weighted by atomic mass is 79.9. The van der Waals surface area contributed by atoms with Gasteiger partial charge < -0.3 is 31.5 Å². The zero-order valence-corrected chi connectivity index (χ0v) is 22.4. The predicted molar refractivity (Wildman–Crippen MR) is 143 cm³/mol. The largest absolute Gasteiger partial charge is 0.369 e. The van der Waals surface area contributed by atoms with Gasteiger partial charge in [0.2, 0.25) is 17.8 Å². The highest BCUT2D eigenvalue weighted by Crippen LogP contribution is 2.24. The van der Waals surface area contributed by atoms with Gasteiger partial charge in [-0.05, 0) is 67.2 Å². The second-order valence-corrected chi connectivity index (χ2v) is 10.1. The number of anilines is 4. The summed E-state index contributed by atoms with van der Waals surface area (Å²) in [5, 5.41) is 9.32. The predicted octanol–water partition coefficient (Wildman–Crippen LogP) is 3.38. The number of halogens is 1. The lowest BCUT2D eigenvalue weighted by molar-refractivity contribution is -0.146. The summed E-state index contributed by atoms with van der Waals surface area (Å²) in [7, 11) is 1.65. The van der Waals surface area contributed by atoms with Gasteiger partial charge in [-0.2, -0.15) is 4.98 Å². The number of amides is 4. The van der Waals surface area contributed by atoms with Crippen molar-refractivity contribution >= 4 is 56.9 Å². The van der Waals surface area contributed by atoms with Gasteiger partial charge in [0.15, 0.2) is 0 Å². The molecule has 12 heteroatoms. The van der Waals surface area contributed by atoms with Crippen molar-refractivity contribution in [3.05, 3.63) is 34.9 Å². The molecular weight excluding hydrogens is 528 g/mol. The molecule has 4 amide bonds. The Hall–Kier alpha value is -3.41. The fraction of sp³-hybridized carbons (Fsp3) is 0.458. The monoisotopic (exact) mass is 560 g/mol. The average molecular weight is 561 g/mol. The molecule has 194 valence electrons. The number of likely N-dealkylation sites (tertiary alicyclic amines) is 1. The van der Waals surface area contributed by atoms with Gasteiger partial charge in [0.1, 0.15) is 11.2 Å². The molecule has 36 heavy (non-hydrogen) atoms. The van der Waals surface area contributed by atoms with Gasteiger partial charge in [-0.15, -0.1) is 0 Å². The molecule has 0 radical (unpaired) electrons. The second kappa shape index (κ2) is 12.0. The lowest BCUT2D eigenvalue weighted by atomic mass is 9.91. The minimum absolute atomic E-state index is 0.0958. The summed E-state index contributed by atoms with van der Waals surface area (Å²) in [5.74, 6) is 0.0159. The summed E-state index contributed by atoms with van der Waals surface area (Å²) in [6.45, 7) is 5.61. The van der Waals surface area contributed by atoms with Crippen LogP contribution in [0.3, 0.4) is 0 Å². The molecule has 5 N–H and O–H groups in total. The van der Waals surface area contributed by atoms with Crippen molar-refractivity contribution in [3.63, 3.8) is 0 Å². The summed E-state index contributed by atoms with van der Waals surface area (Å²) in [4.78, 5) is 48.5. The van der Waals surface area contributed by atoms with Crippen molar-refractivity contribution in [2.24, 2.45) is 11.1 Å². The Bertz CT molecular complexity index is 1100. The molecule has 2 heterocycles. The Morgan fingerprint density at radius 3 is 2.58 bits per heavy atom.